The van der Waals surface area contributed by atoms with Gasteiger partial charge in [-0.2, -0.15) is 0 Å². The molecule has 0 N–H and O–H groups in total. The van der Waals surface area contributed by atoms with Crippen molar-refractivity contribution < 1.29 is 14.3 Å². The molecule has 1 aliphatic heterocycles. The first kappa shape index (κ1) is 21.0. The normalized spacial score (nSPS) is 15.6. The number of fused-ring (bicyclic) bond motifs is 1. The monoisotopic (exact) mass is 433 g/mol. The van der Waals surface area contributed by atoms with Gasteiger partial charge in [0.05, 0.1) is 20.3 Å². The van der Waals surface area contributed by atoms with Crippen molar-refractivity contribution in [2.24, 2.45) is 0 Å². The summed E-state index contributed by atoms with van der Waals surface area (Å²) in [5.41, 5.74) is 4.10. The largest absolute Gasteiger partial charge is 0.493 e. The first-order chi connectivity index (χ1) is 15.1. The fourth-order valence-electron chi connectivity index (χ4n) is 4.05. The van der Waals surface area contributed by atoms with Crippen LogP contribution in [0.1, 0.15) is 28.3 Å². The molecule has 1 heterocycles. The number of carbonyl (C=O) groups excluding carboxylic acids is 1. The number of rotatable bonds is 5. The zero-order valence-corrected chi connectivity index (χ0v) is 18.3. The highest BCUT2D eigenvalue weighted by molar-refractivity contribution is 6.30. The zero-order chi connectivity index (χ0) is 21.8. The smallest absolute Gasteiger partial charge is 0.247 e. The number of nitrogens with zero attached hydrogens (tertiary/aromatic N) is 1. The van der Waals surface area contributed by atoms with Crippen molar-refractivity contribution in [3.05, 3.63) is 100 Å². The first-order valence-corrected chi connectivity index (χ1v) is 10.5. The van der Waals surface area contributed by atoms with E-state index in [1.807, 2.05) is 77.7 Å². The second-order valence-electron chi connectivity index (χ2n) is 7.39. The van der Waals surface area contributed by atoms with Crippen LogP contribution in [0.3, 0.4) is 0 Å². The number of carbonyl (C=O) groups is 1. The molecule has 0 fully saturated rings. The Morgan fingerprint density at radius 3 is 2.45 bits per heavy atom. The quantitative estimate of drug-likeness (QED) is 0.495. The highest BCUT2D eigenvalue weighted by atomic mass is 35.5. The number of amides is 1. The maximum Gasteiger partial charge on any atom is 0.247 e. The molecule has 5 heteroatoms. The van der Waals surface area contributed by atoms with Gasteiger partial charge in [0.15, 0.2) is 11.5 Å². The second-order valence-corrected chi connectivity index (χ2v) is 7.83. The molecule has 0 spiro atoms. The number of ether oxygens (including phenoxy) is 2. The lowest BCUT2D eigenvalue weighted by Crippen LogP contribution is -2.39. The van der Waals surface area contributed by atoms with Crippen LogP contribution < -0.4 is 9.47 Å². The van der Waals surface area contributed by atoms with Crippen molar-refractivity contribution in [3.63, 3.8) is 0 Å². The van der Waals surface area contributed by atoms with E-state index in [0.717, 1.165) is 28.7 Å². The number of halogens is 1. The molecule has 158 valence electrons. The molecule has 31 heavy (non-hydrogen) atoms. The second kappa shape index (κ2) is 9.27. The number of hydrogen-bond acceptors (Lipinski definition) is 3. The Labute approximate surface area is 187 Å². The van der Waals surface area contributed by atoms with Gasteiger partial charge in [0, 0.05) is 17.6 Å². The summed E-state index contributed by atoms with van der Waals surface area (Å²) in [4.78, 5) is 15.2. The molecule has 0 saturated carbocycles. The highest BCUT2D eigenvalue weighted by Crippen LogP contribution is 2.41. The fourth-order valence-corrected chi connectivity index (χ4v) is 4.25. The molecule has 4 rings (SSSR count). The third-order valence-electron chi connectivity index (χ3n) is 5.54. The minimum Gasteiger partial charge on any atom is -0.493 e. The minimum atomic E-state index is -0.268. The Hall–Kier alpha value is -3.24. The predicted molar refractivity (Wildman–Crippen MR) is 124 cm³/mol. The Morgan fingerprint density at radius 2 is 1.74 bits per heavy atom. The van der Waals surface area contributed by atoms with Crippen LogP contribution in [0.5, 0.6) is 11.5 Å². The summed E-state index contributed by atoms with van der Waals surface area (Å²) < 4.78 is 11.0. The van der Waals surface area contributed by atoms with E-state index in [1.165, 1.54) is 0 Å². The van der Waals surface area contributed by atoms with Gasteiger partial charge in [0.1, 0.15) is 0 Å². The molecular formula is C26H24ClNO3. The molecule has 0 aromatic heterocycles. The third kappa shape index (κ3) is 4.44. The van der Waals surface area contributed by atoms with Crippen LogP contribution in [0, 0.1) is 0 Å². The minimum absolute atomic E-state index is 0.0470. The summed E-state index contributed by atoms with van der Waals surface area (Å²) in [5.74, 6) is 1.28. The lowest BCUT2D eigenvalue weighted by molar-refractivity contribution is -0.127. The average Bonchev–Trinajstić information content (AvgIpc) is 2.81. The summed E-state index contributed by atoms with van der Waals surface area (Å²) >= 11 is 6.30. The van der Waals surface area contributed by atoms with Crippen molar-refractivity contribution >= 4 is 23.6 Å². The molecule has 0 aliphatic carbocycles. The molecule has 1 amide bonds. The van der Waals surface area contributed by atoms with Crippen LogP contribution in [0.4, 0.5) is 0 Å². The summed E-state index contributed by atoms with van der Waals surface area (Å²) in [6.07, 6.45) is 4.22. The van der Waals surface area contributed by atoms with E-state index in [0.29, 0.717) is 23.1 Å². The number of hydrogen-bond donors (Lipinski definition) is 0. The van der Waals surface area contributed by atoms with Crippen LogP contribution in [0.2, 0.25) is 5.02 Å². The van der Waals surface area contributed by atoms with Gasteiger partial charge >= 0.3 is 0 Å². The molecule has 0 radical (unpaired) electrons. The summed E-state index contributed by atoms with van der Waals surface area (Å²) in [7, 11) is 3.25. The van der Waals surface area contributed by atoms with Gasteiger partial charge in [0.25, 0.3) is 0 Å². The summed E-state index contributed by atoms with van der Waals surface area (Å²) in [6.45, 7) is 0.595. The average molecular weight is 434 g/mol. The van der Waals surface area contributed by atoms with E-state index in [4.69, 9.17) is 21.1 Å². The third-order valence-corrected chi connectivity index (χ3v) is 5.77. The van der Waals surface area contributed by atoms with E-state index in [1.54, 1.807) is 20.3 Å². The van der Waals surface area contributed by atoms with Crippen molar-refractivity contribution in [1.29, 1.82) is 0 Å². The first-order valence-electron chi connectivity index (χ1n) is 10.1. The van der Waals surface area contributed by atoms with Gasteiger partial charge in [-0.05, 0) is 59.0 Å². The Bertz CT molecular complexity index is 1110. The summed E-state index contributed by atoms with van der Waals surface area (Å²) in [6, 6.07) is 21.2. The predicted octanol–water partition coefficient (Wildman–Crippen LogP) is 5.54. The van der Waals surface area contributed by atoms with Gasteiger partial charge in [-0.1, -0.05) is 54.1 Å². The molecule has 0 bridgehead atoms. The maximum atomic E-state index is 13.3. The lowest BCUT2D eigenvalue weighted by Gasteiger charge is -2.37. The molecule has 3 aromatic rings. The van der Waals surface area contributed by atoms with Crippen molar-refractivity contribution in [2.45, 2.75) is 12.5 Å². The van der Waals surface area contributed by atoms with Crippen LogP contribution >= 0.6 is 11.6 Å². The van der Waals surface area contributed by atoms with Gasteiger partial charge in [-0.15, -0.1) is 0 Å². The molecule has 0 saturated heterocycles. The van der Waals surface area contributed by atoms with Crippen molar-refractivity contribution in [2.75, 3.05) is 20.8 Å². The molecule has 3 aromatic carbocycles. The SMILES string of the molecule is COc1cc2c(cc1OC)C(c1cccc(Cl)c1)N(C(=O)C=Cc1ccccc1)CC2. The molecule has 1 unspecified atom stereocenters. The Kier molecular flexibility index (Phi) is 6.28. The topological polar surface area (TPSA) is 38.8 Å². The van der Waals surface area contributed by atoms with Crippen LogP contribution in [0.15, 0.2) is 72.8 Å². The van der Waals surface area contributed by atoms with Gasteiger partial charge in [0.2, 0.25) is 5.91 Å². The van der Waals surface area contributed by atoms with Crippen LogP contribution in [-0.2, 0) is 11.2 Å². The van der Waals surface area contributed by atoms with E-state index < -0.39 is 0 Å². The van der Waals surface area contributed by atoms with Gasteiger partial charge in [-0.3, -0.25) is 4.79 Å². The van der Waals surface area contributed by atoms with E-state index in [-0.39, 0.29) is 11.9 Å². The van der Waals surface area contributed by atoms with E-state index in [2.05, 4.69) is 0 Å². The van der Waals surface area contributed by atoms with Crippen molar-refractivity contribution in [1.82, 2.24) is 4.90 Å². The van der Waals surface area contributed by atoms with E-state index in [9.17, 15) is 4.79 Å². The Morgan fingerprint density at radius 1 is 1.00 bits per heavy atom. The molecule has 1 atom stereocenters. The standard InChI is InChI=1S/C26H24ClNO3/c1-30-23-16-19-13-14-28(25(29)12-11-18-7-4-3-5-8-18)26(22(19)17-24(23)31-2)20-9-6-10-21(27)15-20/h3-12,15-17,26H,13-14H2,1-2H3. The van der Waals surface area contributed by atoms with Gasteiger partial charge in [-0.25, -0.2) is 0 Å². The molecule has 4 nitrogen and oxygen atoms in total. The Balaban J connectivity index is 1.77. The molecular weight excluding hydrogens is 410 g/mol. The zero-order valence-electron chi connectivity index (χ0n) is 17.5. The highest BCUT2D eigenvalue weighted by Gasteiger charge is 2.32. The van der Waals surface area contributed by atoms with Gasteiger partial charge < -0.3 is 14.4 Å². The fraction of sp³-hybridized carbons (Fsp3) is 0.192. The lowest BCUT2D eigenvalue weighted by atomic mass is 9.87. The van der Waals surface area contributed by atoms with E-state index >= 15 is 0 Å². The number of benzene rings is 3. The van der Waals surface area contributed by atoms with Crippen LogP contribution in [0.25, 0.3) is 6.08 Å². The molecule has 1 aliphatic rings. The van der Waals surface area contributed by atoms with Crippen LogP contribution in [-0.4, -0.2) is 31.6 Å². The number of methoxy groups -OCH3 is 2. The van der Waals surface area contributed by atoms with Crippen molar-refractivity contribution in [3.8, 4) is 11.5 Å². The summed E-state index contributed by atoms with van der Waals surface area (Å²) in [5, 5.41) is 0.636. The maximum absolute atomic E-state index is 13.3.